The Kier molecular flexibility index (Phi) is 3.91. The molecule has 0 aliphatic heterocycles. The Morgan fingerprint density at radius 3 is 2.90 bits per heavy atom. The summed E-state index contributed by atoms with van der Waals surface area (Å²) in [5, 5.41) is 12.1. The molecule has 5 nitrogen and oxygen atoms in total. The number of anilines is 1. The Morgan fingerprint density at radius 2 is 2.25 bits per heavy atom. The number of hydrogen-bond donors (Lipinski definition) is 1. The summed E-state index contributed by atoms with van der Waals surface area (Å²) < 4.78 is 6.18. The summed E-state index contributed by atoms with van der Waals surface area (Å²) in [6.07, 6.45) is -0.196. The maximum absolute atomic E-state index is 11.7. The number of fused-ring (bicyclic) bond motifs is 1. The van der Waals surface area contributed by atoms with E-state index in [0.717, 1.165) is 15.2 Å². The number of nitrogens with zero attached hydrogens (tertiary/aromatic N) is 2. The Bertz CT molecular complexity index is 680. The van der Waals surface area contributed by atoms with Crippen LogP contribution in [0.15, 0.2) is 18.2 Å². The average molecular weight is 289 g/mol. The van der Waals surface area contributed by atoms with E-state index in [1.807, 2.05) is 26.8 Å². The van der Waals surface area contributed by atoms with Gasteiger partial charge in [0.2, 0.25) is 0 Å². The third kappa shape index (κ3) is 3.68. The largest absolute Gasteiger partial charge is 0.444 e. The second-order valence-electron chi connectivity index (χ2n) is 5.25. The van der Waals surface area contributed by atoms with Gasteiger partial charge in [-0.05, 0) is 39.0 Å². The van der Waals surface area contributed by atoms with Crippen LogP contribution >= 0.6 is 11.3 Å². The minimum atomic E-state index is -0.533. The number of carbonyl (C=O) groups is 1. The van der Waals surface area contributed by atoms with Crippen molar-refractivity contribution in [3.8, 4) is 6.07 Å². The lowest BCUT2D eigenvalue weighted by molar-refractivity contribution is 0.0636. The lowest BCUT2D eigenvalue weighted by atomic mass is 10.2. The molecule has 0 saturated carbocycles. The number of ether oxygens (including phenoxy) is 1. The first-order valence-electron chi connectivity index (χ1n) is 6.14. The van der Waals surface area contributed by atoms with Gasteiger partial charge in [0.1, 0.15) is 10.6 Å². The highest BCUT2D eigenvalue weighted by molar-refractivity contribution is 7.18. The summed E-state index contributed by atoms with van der Waals surface area (Å²) in [4.78, 5) is 16.0. The lowest BCUT2D eigenvalue weighted by Gasteiger charge is -2.19. The number of rotatable bonds is 2. The third-order valence-corrected chi connectivity index (χ3v) is 3.34. The van der Waals surface area contributed by atoms with Gasteiger partial charge in [0, 0.05) is 5.69 Å². The van der Waals surface area contributed by atoms with Crippen molar-refractivity contribution in [2.75, 3.05) is 5.32 Å². The minimum Gasteiger partial charge on any atom is -0.444 e. The summed E-state index contributed by atoms with van der Waals surface area (Å²) >= 11 is 1.48. The van der Waals surface area contributed by atoms with Crippen molar-refractivity contribution in [2.45, 2.75) is 32.8 Å². The molecular weight excluding hydrogens is 274 g/mol. The third-order valence-electron chi connectivity index (χ3n) is 2.31. The normalized spacial score (nSPS) is 11.1. The van der Waals surface area contributed by atoms with Crippen molar-refractivity contribution in [1.29, 1.82) is 5.26 Å². The van der Waals surface area contributed by atoms with E-state index in [4.69, 9.17) is 10.00 Å². The molecule has 104 valence electrons. The summed E-state index contributed by atoms with van der Waals surface area (Å²) in [7, 11) is 0. The van der Waals surface area contributed by atoms with Gasteiger partial charge in [-0.25, -0.2) is 9.78 Å². The summed E-state index contributed by atoms with van der Waals surface area (Å²) in [5.74, 6) is 0. The van der Waals surface area contributed by atoms with Gasteiger partial charge in [0.05, 0.1) is 22.7 Å². The van der Waals surface area contributed by atoms with E-state index in [2.05, 4.69) is 16.4 Å². The summed E-state index contributed by atoms with van der Waals surface area (Å²) in [6.45, 7) is 5.43. The molecule has 2 rings (SSSR count). The second-order valence-corrected chi connectivity index (χ2v) is 6.37. The van der Waals surface area contributed by atoms with Crippen LogP contribution in [-0.2, 0) is 11.2 Å². The molecule has 0 aliphatic carbocycles. The van der Waals surface area contributed by atoms with E-state index in [1.54, 1.807) is 12.1 Å². The van der Waals surface area contributed by atoms with E-state index in [1.165, 1.54) is 11.3 Å². The van der Waals surface area contributed by atoms with Gasteiger partial charge in [-0.1, -0.05) is 0 Å². The van der Waals surface area contributed by atoms with Crippen LogP contribution < -0.4 is 5.32 Å². The van der Waals surface area contributed by atoms with Crippen LogP contribution in [0.3, 0.4) is 0 Å². The van der Waals surface area contributed by atoms with Gasteiger partial charge in [-0.2, -0.15) is 5.26 Å². The van der Waals surface area contributed by atoms with Crippen molar-refractivity contribution in [3.63, 3.8) is 0 Å². The van der Waals surface area contributed by atoms with Crippen LogP contribution in [0.5, 0.6) is 0 Å². The fraction of sp³-hybridized carbons (Fsp3) is 0.357. The van der Waals surface area contributed by atoms with Gasteiger partial charge in [0.25, 0.3) is 0 Å². The summed E-state index contributed by atoms with van der Waals surface area (Å²) in [5.41, 5.74) is 0.865. The number of hydrogen-bond acceptors (Lipinski definition) is 5. The van der Waals surface area contributed by atoms with E-state index in [9.17, 15) is 4.79 Å². The second kappa shape index (κ2) is 5.47. The first-order valence-corrected chi connectivity index (χ1v) is 6.95. The lowest BCUT2D eigenvalue weighted by Crippen LogP contribution is -2.27. The van der Waals surface area contributed by atoms with Crippen molar-refractivity contribution in [3.05, 3.63) is 23.2 Å². The number of aromatic nitrogens is 1. The number of carbonyl (C=O) groups excluding carboxylic acids is 1. The van der Waals surface area contributed by atoms with Crippen LogP contribution in [0, 0.1) is 11.3 Å². The first-order chi connectivity index (χ1) is 9.37. The molecular formula is C14H15N3O2S. The average Bonchev–Trinajstić information content (AvgIpc) is 2.68. The Morgan fingerprint density at radius 1 is 1.50 bits per heavy atom. The number of nitrogens with one attached hydrogen (secondary N) is 1. The van der Waals surface area contributed by atoms with Crippen LogP contribution in [-0.4, -0.2) is 16.7 Å². The fourth-order valence-electron chi connectivity index (χ4n) is 1.62. The van der Waals surface area contributed by atoms with Crippen molar-refractivity contribution < 1.29 is 9.53 Å². The minimum absolute atomic E-state index is 0.300. The molecule has 1 N–H and O–H groups in total. The SMILES string of the molecule is CC(C)(C)OC(=O)Nc1ccc2sc(CC#N)nc2c1. The highest BCUT2D eigenvalue weighted by Crippen LogP contribution is 2.25. The quantitative estimate of drug-likeness (QED) is 0.914. The molecule has 1 aromatic carbocycles. The molecule has 0 atom stereocenters. The van der Waals surface area contributed by atoms with Gasteiger partial charge in [-0.15, -0.1) is 11.3 Å². The fourth-order valence-corrected chi connectivity index (χ4v) is 2.50. The molecule has 0 saturated heterocycles. The molecule has 20 heavy (non-hydrogen) atoms. The predicted octanol–water partition coefficient (Wildman–Crippen LogP) is 3.71. The number of amides is 1. The zero-order valence-corrected chi connectivity index (χ0v) is 12.4. The molecule has 0 radical (unpaired) electrons. The maximum Gasteiger partial charge on any atom is 0.412 e. The van der Waals surface area contributed by atoms with Gasteiger partial charge >= 0.3 is 6.09 Å². The Hall–Kier alpha value is -2.13. The molecule has 6 heteroatoms. The van der Waals surface area contributed by atoms with Crippen LogP contribution in [0.1, 0.15) is 25.8 Å². The predicted molar refractivity (Wildman–Crippen MR) is 78.8 cm³/mol. The molecule has 1 amide bonds. The van der Waals surface area contributed by atoms with Crippen molar-refractivity contribution >= 4 is 33.3 Å². The Balaban J connectivity index is 2.15. The van der Waals surface area contributed by atoms with E-state index >= 15 is 0 Å². The number of nitriles is 1. The van der Waals surface area contributed by atoms with E-state index in [0.29, 0.717) is 12.1 Å². The van der Waals surface area contributed by atoms with Crippen LogP contribution in [0.25, 0.3) is 10.2 Å². The van der Waals surface area contributed by atoms with E-state index in [-0.39, 0.29) is 0 Å². The van der Waals surface area contributed by atoms with Gasteiger partial charge in [0.15, 0.2) is 0 Å². The van der Waals surface area contributed by atoms with Gasteiger partial charge in [-0.3, -0.25) is 5.32 Å². The summed E-state index contributed by atoms with van der Waals surface area (Å²) in [6, 6.07) is 7.52. The zero-order valence-electron chi connectivity index (χ0n) is 11.6. The Labute approximate surface area is 121 Å². The highest BCUT2D eigenvalue weighted by atomic mass is 32.1. The molecule has 1 heterocycles. The van der Waals surface area contributed by atoms with Crippen molar-refractivity contribution in [1.82, 2.24) is 4.98 Å². The molecule has 1 aromatic heterocycles. The molecule has 0 unspecified atom stereocenters. The van der Waals surface area contributed by atoms with E-state index < -0.39 is 11.7 Å². The molecule has 0 fully saturated rings. The number of benzene rings is 1. The first kappa shape index (κ1) is 14.3. The highest BCUT2D eigenvalue weighted by Gasteiger charge is 2.16. The molecule has 0 spiro atoms. The van der Waals surface area contributed by atoms with Crippen LogP contribution in [0.2, 0.25) is 0 Å². The molecule has 0 aliphatic rings. The topological polar surface area (TPSA) is 75.0 Å². The van der Waals surface area contributed by atoms with Crippen LogP contribution in [0.4, 0.5) is 10.5 Å². The molecule has 0 bridgehead atoms. The molecule has 2 aromatic rings. The van der Waals surface area contributed by atoms with Gasteiger partial charge < -0.3 is 4.74 Å². The maximum atomic E-state index is 11.7. The number of thiazole rings is 1. The van der Waals surface area contributed by atoms with Crippen molar-refractivity contribution in [2.24, 2.45) is 0 Å². The standard InChI is InChI=1S/C14H15N3O2S/c1-14(2,3)19-13(18)16-9-4-5-11-10(8-9)17-12(20-11)6-7-15/h4-5,8H,6H2,1-3H3,(H,16,18). The monoisotopic (exact) mass is 289 g/mol. The smallest absolute Gasteiger partial charge is 0.412 e. The zero-order chi connectivity index (χ0) is 14.8.